The third-order valence-corrected chi connectivity index (χ3v) is 6.08. The third kappa shape index (κ3) is 5.03. The third-order valence-electron chi connectivity index (χ3n) is 5.19. The molecule has 0 amide bonds. The van der Waals surface area contributed by atoms with Gasteiger partial charge >= 0.3 is 0 Å². The molecule has 8 nitrogen and oxygen atoms in total. The van der Waals surface area contributed by atoms with E-state index in [4.69, 9.17) is 11.6 Å². The topological polar surface area (TPSA) is 128 Å². The molecule has 3 N–H and O–H groups in total. The fraction of sp³-hybridized carbons (Fsp3) is 0.125. The average Bonchev–Trinajstić information content (AvgIpc) is 2.79. The summed E-state index contributed by atoms with van der Waals surface area (Å²) >= 11 is 6.06. The Morgan fingerprint density at radius 3 is 2.59 bits per heavy atom. The van der Waals surface area contributed by atoms with Gasteiger partial charge in [0.1, 0.15) is 11.8 Å². The number of nitrogens with zero attached hydrogens (tertiary/aromatic N) is 3. The van der Waals surface area contributed by atoms with Crippen LogP contribution in [0.25, 0.3) is 22.0 Å². The molecule has 0 bridgehead atoms. The molecule has 2 heterocycles. The van der Waals surface area contributed by atoms with Gasteiger partial charge in [0.25, 0.3) is 0 Å². The van der Waals surface area contributed by atoms with Crippen LogP contribution in [0.1, 0.15) is 24.1 Å². The number of phenols is 1. The van der Waals surface area contributed by atoms with E-state index in [1.807, 2.05) is 31.2 Å². The molecule has 0 radical (unpaired) electrons. The van der Waals surface area contributed by atoms with E-state index in [-0.39, 0.29) is 22.6 Å². The highest BCUT2D eigenvalue weighted by molar-refractivity contribution is 7.92. The Balaban J connectivity index is 1.81. The van der Waals surface area contributed by atoms with Crippen LogP contribution in [-0.2, 0) is 10.0 Å². The molecule has 1 unspecified atom stereocenters. The number of phenolic OH excluding ortho intramolecular Hbond substituents is 1. The Kier molecular flexibility index (Phi) is 6.28. The molecule has 2 aromatic carbocycles. The number of benzene rings is 2. The summed E-state index contributed by atoms with van der Waals surface area (Å²) < 4.78 is 25.7. The van der Waals surface area contributed by atoms with Gasteiger partial charge in [0.2, 0.25) is 10.0 Å². The van der Waals surface area contributed by atoms with Gasteiger partial charge in [-0.2, -0.15) is 5.26 Å². The van der Waals surface area contributed by atoms with Gasteiger partial charge in [0.05, 0.1) is 28.7 Å². The molecule has 4 rings (SSSR count). The number of hydrogen-bond donors (Lipinski definition) is 3. The molecular weight excluding hydrogens is 474 g/mol. The average molecular weight is 494 g/mol. The fourth-order valence-corrected chi connectivity index (χ4v) is 4.35. The normalized spacial score (nSPS) is 12.2. The Labute approximate surface area is 201 Å². The van der Waals surface area contributed by atoms with Crippen LogP contribution in [-0.4, -0.2) is 29.7 Å². The van der Waals surface area contributed by atoms with Gasteiger partial charge in [0, 0.05) is 29.4 Å². The summed E-state index contributed by atoms with van der Waals surface area (Å²) in [7, 11) is -3.54. The van der Waals surface area contributed by atoms with Crippen molar-refractivity contribution in [3.05, 3.63) is 77.2 Å². The van der Waals surface area contributed by atoms with Crippen LogP contribution in [0.15, 0.2) is 60.9 Å². The quantitative estimate of drug-likeness (QED) is 0.320. The number of anilines is 2. The number of fused-ring (bicyclic) bond motifs is 1. The number of pyridine rings is 2. The summed E-state index contributed by atoms with van der Waals surface area (Å²) in [5.74, 6) is 0.155. The van der Waals surface area contributed by atoms with Crippen LogP contribution >= 0.6 is 11.6 Å². The lowest BCUT2D eigenvalue weighted by Crippen LogP contribution is -2.10. The fourth-order valence-electron chi connectivity index (χ4n) is 3.58. The monoisotopic (exact) mass is 493 g/mol. The van der Waals surface area contributed by atoms with E-state index < -0.39 is 10.0 Å². The number of nitrogens with one attached hydrogen (secondary N) is 2. The van der Waals surface area contributed by atoms with Gasteiger partial charge in [-0.1, -0.05) is 29.8 Å². The van der Waals surface area contributed by atoms with Crippen molar-refractivity contribution in [2.24, 2.45) is 0 Å². The van der Waals surface area contributed by atoms with Crippen LogP contribution in [0.3, 0.4) is 0 Å². The predicted octanol–water partition coefficient (Wildman–Crippen LogP) is 5.07. The zero-order chi connectivity index (χ0) is 24.5. The Morgan fingerprint density at radius 1 is 1.09 bits per heavy atom. The highest BCUT2D eigenvalue weighted by atomic mass is 35.5. The Morgan fingerprint density at radius 2 is 1.88 bits per heavy atom. The van der Waals surface area contributed by atoms with Gasteiger partial charge in [-0.3, -0.25) is 9.71 Å². The van der Waals surface area contributed by atoms with Crippen molar-refractivity contribution in [1.29, 1.82) is 5.26 Å². The number of nitriles is 1. The molecule has 10 heteroatoms. The maximum Gasteiger partial charge on any atom is 0.229 e. The van der Waals surface area contributed by atoms with Gasteiger partial charge in [-0.05, 0) is 48.4 Å². The molecule has 1 atom stereocenters. The van der Waals surface area contributed by atoms with Crippen molar-refractivity contribution in [1.82, 2.24) is 9.97 Å². The molecule has 0 spiro atoms. The highest BCUT2D eigenvalue weighted by Gasteiger charge is 2.15. The van der Waals surface area contributed by atoms with Crippen molar-refractivity contribution in [2.75, 3.05) is 16.3 Å². The van der Waals surface area contributed by atoms with E-state index in [0.717, 1.165) is 17.4 Å². The Bertz CT molecular complexity index is 1550. The summed E-state index contributed by atoms with van der Waals surface area (Å²) in [5, 5.41) is 23.6. The molecule has 34 heavy (non-hydrogen) atoms. The van der Waals surface area contributed by atoms with E-state index >= 15 is 0 Å². The second-order valence-electron chi connectivity index (χ2n) is 7.79. The molecule has 0 aliphatic heterocycles. The van der Waals surface area contributed by atoms with Crippen molar-refractivity contribution >= 4 is 43.9 Å². The van der Waals surface area contributed by atoms with Gasteiger partial charge in [0.15, 0.2) is 5.15 Å². The van der Waals surface area contributed by atoms with Gasteiger partial charge in [-0.15, -0.1) is 0 Å². The van der Waals surface area contributed by atoms with E-state index in [0.29, 0.717) is 27.7 Å². The minimum atomic E-state index is -3.54. The number of aromatic nitrogens is 2. The SMILES string of the molecule is CC(Nc1c(C#N)cnc2ccc(-c3cnc(Cl)c(NS(C)(=O)=O)c3)cc12)c1cccc(O)c1. The van der Waals surface area contributed by atoms with Crippen molar-refractivity contribution in [3.63, 3.8) is 0 Å². The minimum absolute atomic E-state index is 0.0330. The van der Waals surface area contributed by atoms with Crippen molar-refractivity contribution in [3.8, 4) is 22.9 Å². The van der Waals surface area contributed by atoms with E-state index in [1.165, 1.54) is 6.20 Å². The summed E-state index contributed by atoms with van der Waals surface area (Å²) in [4.78, 5) is 8.49. The summed E-state index contributed by atoms with van der Waals surface area (Å²) in [6.45, 7) is 1.93. The van der Waals surface area contributed by atoms with Crippen molar-refractivity contribution in [2.45, 2.75) is 13.0 Å². The first-order chi connectivity index (χ1) is 16.1. The van der Waals surface area contributed by atoms with Crippen LogP contribution < -0.4 is 10.0 Å². The van der Waals surface area contributed by atoms with Gasteiger partial charge < -0.3 is 10.4 Å². The lowest BCUT2D eigenvalue weighted by atomic mass is 10.0. The first-order valence-electron chi connectivity index (χ1n) is 10.2. The number of halogens is 1. The maximum absolute atomic E-state index is 11.7. The van der Waals surface area contributed by atoms with Gasteiger partial charge in [-0.25, -0.2) is 13.4 Å². The molecule has 2 aromatic heterocycles. The van der Waals surface area contributed by atoms with Crippen LogP contribution in [0.5, 0.6) is 5.75 Å². The summed E-state index contributed by atoms with van der Waals surface area (Å²) in [6.07, 6.45) is 4.09. The second-order valence-corrected chi connectivity index (χ2v) is 9.89. The maximum atomic E-state index is 11.7. The zero-order valence-corrected chi connectivity index (χ0v) is 19.8. The van der Waals surface area contributed by atoms with Crippen LogP contribution in [0.2, 0.25) is 5.15 Å². The lowest BCUT2D eigenvalue weighted by molar-refractivity contribution is 0.474. The second kappa shape index (κ2) is 9.17. The highest BCUT2D eigenvalue weighted by Crippen LogP contribution is 2.34. The molecule has 0 aliphatic carbocycles. The predicted molar refractivity (Wildman–Crippen MR) is 133 cm³/mol. The zero-order valence-electron chi connectivity index (χ0n) is 18.2. The number of hydrogen-bond acceptors (Lipinski definition) is 7. The molecule has 4 aromatic rings. The summed E-state index contributed by atoms with van der Waals surface area (Å²) in [6, 6.07) is 16.0. The van der Waals surface area contributed by atoms with E-state index in [2.05, 4.69) is 26.1 Å². The largest absolute Gasteiger partial charge is 0.508 e. The number of aromatic hydroxyl groups is 1. The minimum Gasteiger partial charge on any atom is -0.508 e. The van der Waals surface area contributed by atoms with E-state index in [1.54, 1.807) is 30.5 Å². The first kappa shape index (κ1) is 23.3. The number of sulfonamides is 1. The lowest BCUT2D eigenvalue weighted by Gasteiger charge is -2.19. The van der Waals surface area contributed by atoms with Crippen LogP contribution in [0, 0.1) is 11.3 Å². The summed E-state index contributed by atoms with van der Waals surface area (Å²) in [5.41, 5.74) is 4.02. The Hall–Kier alpha value is -3.87. The standard InChI is InChI=1S/C24H20ClN5O3S/c1-14(15-4-3-5-19(31)8-15)29-23-18(11-26)13-27-21-7-6-16(9-20(21)23)17-10-22(24(25)28-12-17)30-34(2,32)33/h3-10,12-14,30-31H,1-2H3,(H,27,29). The van der Waals surface area contributed by atoms with Crippen molar-refractivity contribution < 1.29 is 13.5 Å². The molecule has 0 fully saturated rings. The smallest absolute Gasteiger partial charge is 0.229 e. The first-order valence-corrected chi connectivity index (χ1v) is 12.4. The molecular formula is C24H20ClN5O3S. The molecule has 0 saturated heterocycles. The molecule has 172 valence electrons. The molecule has 0 saturated carbocycles. The number of rotatable bonds is 6. The molecule has 0 aliphatic rings. The van der Waals surface area contributed by atoms with E-state index in [9.17, 15) is 18.8 Å². The van der Waals surface area contributed by atoms with Crippen LogP contribution in [0.4, 0.5) is 11.4 Å².